The monoisotopic (exact) mass is 636 g/mol. The molecule has 0 amide bonds. The summed E-state index contributed by atoms with van der Waals surface area (Å²) in [6.07, 6.45) is 0.0703. The molecule has 0 spiro atoms. The Morgan fingerprint density at radius 1 is 1.07 bits per heavy atom. The van der Waals surface area contributed by atoms with E-state index in [1.54, 1.807) is 10.6 Å². The van der Waals surface area contributed by atoms with Gasteiger partial charge in [-0.1, -0.05) is 30.3 Å². The highest BCUT2D eigenvalue weighted by atomic mass is 19.3. The first-order valence-corrected chi connectivity index (χ1v) is 14.6. The molecule has 0 bridgehead atoms. The Kier molecular flexibility index (Phi) is 8.73. The van der Waals surface area contributed by atoms with Gasteiger partial charge in [-0.2, -0.15) is 0 Å². The molecule has 240 valence electrons. The van der Waals surface area contributed by atoms with Crippen LogP contribution in [0.1, 0.15) is 24.0 Å². The second kappa shape index (κ2) is 12.9. The molecule has 3 aromatic heterocycles. The maximum Gasteiger partial charge on any atom is 0.265 e. The Morgan fingerprint density at radius 3 is 2.63 bits per heavy atom. The molecule has 1 aliphatic rings. The average molecular weight is 637 g/mol. The Bertz CT molecular complexity index is 1840. The van der Waals surface area contributed by atoms with E-state index in [0.29, 0.717) is 41.9 Å². The fourth-order valence-electron chi connectivity index (χ4n) is 6.03. The van der Waals surface area contributed by atoms with Crippen LogP contribution in [0.25, 0.3) is 22.3 Å². The van der Waals surface area contributed by atoms with E-state index in [2.05, 4.69) is 25.3 Å². The first-order chi connectivity index (χ1) is 22.2. The van der Waals surface area contributed by atoms with Crippen molar-refractivity contribution < 1.29 is 27.4 Å². The number of methoxy groups -OCH3 is 1. The molecule has 14 heteroatoms. The molecule has 4 N–H and O–H groups in total. The number of hydrogen-bond acceptors (Lipinski definition) is 9. The number of aliphatic hydroxyl groups excluding tert-OH is 1. The maximum absolute atomic E-state index is 15.2. The molecule has 2 unspecified atom stereocenters. The van der Waals surface area contributed by atoms with Crippen LogP contribution >= 0.6 is 0 Å². The van der Waals surface area contributed by atoms with Gasteiger partial charge < -0.3 is 30.4 Å². The Hall–Kier alpha value is -4.82. The standard InChI is InChI=1S/C32H32F4N8O2/c1-46-25-12-23(33)22(11-24(25)34)20-10-21(15-44-18-41-26-29(37)39-17-40-31(26)44)30(38-14-20)43-9-5-8-32(16-43,27(45)28(35)36)42-13-19-6-3-2-4-7-19/h2-4,6-7,10-12,14,17-18,27-28,42,45H,5,8-9,13,15-16H2,1H3,(H2,37,39,40). The van der Waals surface area contributed by atoms with Gasteiger partial charge in [0.2, 0.25) is 0 Å². The third-order valence-electron chi connectivity index (χ3n) is 8.38. The third-order valence-corrected chi connectivity index (χ3v) is 8.38. The van der Waals surface area contributed by atoms with E-state index in [4.69, 9.17) is 10.5 Å². The van der Waals surface area contributed by atoms with Gasteiger partial charge in [0.25, 0.3) is 6.43 Å². The minimum Gasteiger partial charge on any atom is -0.494 e. The molecule has 2 aromatic carbocycles. The van der Waals surface area contributed by atoms with Crippen LogP contribution in [0.15, 0.2) is 67.4 Å². The van der Waals surface area contributed by atoms with Gasteiger partial charge >= 0.3 is 0 Å². The molecule has 1 fully saturated rings. The fourth-order valence-corrected chi connectivity index (χ4v) is 6.03. The summed E-state index contributed by atoms with van der Waals surface area (Å²) in [7, 11) is 1.25. The number of fused-ring (bicyclic) bond motifs is 1. The van der Waals surface area contributed by atoms with Gasteiger partial charge in [-0.15, -0.1) is 0 Å². The van der Waals surface area contributed by atoms with Crippen molar-refractivity contribution in [1.82, 2.24) is 29.8 Å². The lowest BCUT2D eigenvalue weighted by molar-refractivity contribution is -0.0658. The van der Waals surface area contributed by atoms with Crippen LogP contribution in [0, 0.1) is 11.6 Å². The Balaban J connectivity index is 1.41. The van der Waals surface area contributed by atoms with Crippen molar-refractivity contribution >= 4 is 22.8 Å². The number of nitrogens with one attached hydrogen (secondary N) is 1. The Labute approximate surface area is 261 Å². The first-order valence-electron chi connectivity index (χ1n) is 14.6. The number of piperidine rings is 1. The summed E-state index contributed by atoms with van der Waals surface area (Å²) < 4.78 is 64.8. The van der Waals surface area contributed by atoms with Crippen LogP contribution in [0.4, 0.5) is 29.2 Å². The van der Waals surface area contributed by atoms with Crippen molar-refractivity contribution in [2.45, 2.75) is 44.0 Å². The Morgan fingerprint density at radius 2 is 1.87 bits per heavy atom. The number of nitrogens with zero attached hydrogens (tertiary/aromatic N) is 6. The number of imidazole rings is 1. The van der Waals surface area contributed by atoms with Crippen LogP contribution in [0.2, 0.25) is 0 Å². The molecule has 1 saturated heterocycles. The largest absolute Gasteiger partial charge is 0.494 e. The first kappa shape index (κ1) is 31.2. The van der Waals surface area contributed by atoms with E-state index >= 15 is 4.39 Å². The van der Waals surface area contributed by atoms with Gasteiger partial charge in [-0.05, 0) is 30.5 Å². The maximum atomic E-state index is 15.2. The number of pyridine rings is 1. The van der Waals surface area contributed by atoms with E-state index in [-0.39, 0.29) is 42.3 Å². The van der Waals surface area contributed by atoms with Crippen molar-refractivity contribution in [2.75, 3.05) is 30.8 Å². The summed E-state index contributed by atoms with van der Waals surface area (Å²) in [5, 5.41) is 14.1. The highest BCUT2D eigenvalue weighted by molar-refractivity contribution is 5.81. The number of halogens is 4. The SMILES string of the molecule is COc1cc(F)c(-c2cnc(N3CCCC(NCc4ccccc4)(C(O)C(F)F)C3)c(Cn3cnc4c(N)ncnc43)c2)cc1F. The molecular formula is C32H32F4N8O2. The van der Waals surface area contributed by atoms with Gasteiger partial charge in [0.1, 0.15) is 29.6 Å². The molecule has 46 heavy (non-hydrogen) atoms. The number of nitrogen functional groups attached to an aromatic ring is 1. The number of alkyl halides is 2. The van der Waals surface area contributed by atoms with E-state index in [9.17, 15) is 18.3 Å². The average Bonchev–Trinajstić information content (AvgIpc) is 3.48. The fraction of sp³-hybridized carbons (Fsp3) is 0.312. The van der Waals surface area contributed by atoms with Crippen LogP contribution in [0.3, 0.4) is 0 Å². The lowest BCUT2D eigenvalue weighted by atomic mass is 9.83. The zero-order valence-electron chi connectivity index (χ0n) is 24.9. The van der Waals surface area contributed by atoms with Crippen LogP contribution in [-0.2, 0) is 13.1 Å². The molecule has 0 aliphatic carbocycles. The van der Waals surface area contributed by atoms with Gasteiger partial charge in [0, 0.05) is 48.6 Å². The normalized spacial score (nSPS) is 17.5. The number of nitrogens with two attached hydrogens (primary N) is 1. The van der Waals surface area contributed by atoms with E-state index in [0.717, 1.165) is 17.7 Å². The van der Waals surface area contributed by atoms with Crippen LogP contribution in [-0.4, -0.2) is 67.9 Å². The number of benzene rings is 2. The number of rotatable bonds is 10. The van der Waals surface area contributed by atoms with Gasteiger partial charge in [0.15, 0.2) is 23.0 Å². The van der Waals surface area contributed by atoms with Crippen LogP contribution in [0.5, 0.6) is 5.75 Å². The molecular weight excluding hydrogens is 604 g/mol. The summed E-state index contributed by atoms with van der Waals surface area (Å²) in [4.78, 5) is 19.1. The molecule has 6 rings (SSSR count). The van der Waals surface area contributed by atoms with Gasteiger partial charge in [-0.25, -0.2) is 37.5 Å². The molecule has 1 aliphatic heterocycles. The number of aromatic nitrogens is 5. The van der Waals surface area contributed by atoms with Crippen molar-refractivity contribution in [3.63, 3.8) is 0 Å². The minimum atomic E-state index is -2.99. The predicted molar refractivity (Wildman–Crippen MR) is 164 cm³/mol. The lowest BCUT2D eigenvalue weighted by Gasteiger charge is -2.46. The van der Waals surface area contributed by atoms with Crippen molar-refractivity contribution in [3.8, 4) is 16.9 Å². The van der Waals surface area contributed by atoms with Gasteiger partial charge in [0.05, 0.1) is 25.5 Å². The summed E-state index contributed by atoms with van der Waals surface area (Å²) in [5.74, 6) is -1.08. The highest BCUT2D eigenvalue weighted by Crippen LogP contribution is 2.35. The molecule has 0 radical (unpaired) electrons. The minimum absolute atomic E-state index is 0.00993. The number of ether oxygens (including phenoxy) is 1. The van der Waals surface area contributed by atoms with Gasteiger partial charge in [-0.3, -0.25) is 0 Å². The molecule has 4 heterocycles. The number of aliphatic hydroxyl groups is 1. The highest BCUT2D eigenvalue weighted by Gasteiger charge is 2.46. The third kappa shape index (κ3) is 6.05. The summed E-state index contributed by atoms with van der Waals surface area (Å²) in [6.45, 7) is 0.856. The van der Waals surface area contributed by atoms with E-state index in [1.165, 1.54) is 26.0 Å². The second-order valence-electron chi connectivity index (χ2n) is 11.3. The van der Waals surface area contributed by atoms with Crippen molar-refractivity contribution in [3.05, 3.63) is 90.1 Å². The van der Waals surface area contributed by atoms with E-state index < -0.39 is 29.7 Å². The summed E-state index contributed by atoms with van der Waals surface area (Å²) in [5.41, 5.74) is 7.13. The second-order valence-corrected chi connectivity index (χ2v) is 11.3. The number of hydrogen-bond donors (Lipinski definition) is 3. The topological polar surface area (TPSA) is 127 Å². The smallest absolute Gasteiger partial charge is 0.265 e. The molecule has 2 atom stereocenters. The predicted octanol–water partition coefficient (Wildman–Crippen LogP) is 4.56. The van der Waals surface area contributed by atoms with Crippen molar-refractivity contribution in [1.29, 1.82) is 0 Å². The molecule has 0 saturated carbocycles. The molecule has 5 aromatic rings. The van der Waals surface area contributed by atoms with Crippen LogP contribution < -0.4 is 20.7 Å². The zero-order valence-corrected chi connectivity index (χ0v) is 24.9. The van der Waals surface area contributed by atoms with Crippen molar-refractivity contribution in [2.24, 2.45) is 0 Å². The van der Waals surface area contributed by atoms with E-state index in [1.807, 2.05) is 35.2 Å². The quantitative estimate of drug-likeness (QED) is 0.189. The summed E-state index contributed by atoms with van der Waals surface area (Å²) in [6, 6.07) is 13.0. The summed E-state index contributed by atoms with van der Waals surface area (Å²) >= 11 is 0. The number of anilines is 2. The molecule has 10 nitrogen and oxygen atoms in total. The lowest BCUT2D eigenvalue weighted by Crippen LogP contribution is -2.65. The zero-order chi connectivity index (χ0) is 32.4.